The number of hydrogen-bond donors (Lipinski definition) is 3. The van der Waals surface area contributed by atoms with E-state index in [9.17, 15) is 14.4 Å². The Morgan fingerprint density at radius 2 is 1.80 bits per heavy atom. The van der Waals surface area contributed by atoms with Crippen LogP contribution in [0.5, 0.6) is 0 Å². The summed E-state index contributed by atoms with van der Waals surface area (Å²) in [6.45, 7) is 6.41. The van der Waals surface area contributed by atoms with E-state index in [1.54, 1.807) is 13.8 Å². The van der Waals surface area contributed by atoms with Gasteiger partial charge in [0.2, 0.25) is 5.91 Å². The van der Waals surface area contributed by atoms with Gasteiger partial charge in [-0.25, -0.2) is 4.79 Å². The average Bonchev–Trinajstić information content (AvgIpc) is 2.38. The zero-order valence-corrected chi connectivity index (χ0v) is 11.9. The van der Waals surface area contributed by atoms with E-state index >= 15 is 0 Å². The summed E-state index contributed by atoms with van der Waals surface area (Å²) in [5, 5.41) is 13.5. The molecule has 20 heavy (non-hydrogen) atoms. The molecule has 0 aliphatic carbocycles. The Hall–Kier alpha value is -1.67. The van der Waals surface area contributed by atoms with E-state index in [0.717, 1.165) is 0 Å². The number of piperazine rings is 1. The third-order valence-corrected chi connectivity index (χ3v) is 3.27. The Labute approximate surface area is 118 Å². The minimum absolute atomic E-state index is 0.0212. The van der Waals surface area contributed by atoms with E-state index in [4.69, 9.17) is 5.11 Å². The number of imide groups is 1. The third-order valence-electron chi connectivity index (χ3n) is 3.27. The lowest BCUT2D eigenvalue weighted by atomic mass is 10.2. The van der Waals surface area contributed by atoms with Crippen LogP contribution in [0.4, 0.5) is 4.79 Å². The van der Waals surface area contributed by atoms with Gasteiger partial charge in [-0.1, -0.05) is 0 Å². The van der Waals surface area contributed by atoms with Crippen molar-refractivity contribution in [3.63, 3.8) is 0 Å². The largest absolute Gasteiger partial charge is 0.480 e. The lowest BCUT2D eigenvalue weighted by molar-refractivity contribution is -0.139. The van der Waals surface area contributed by atoms with Crippen molar-refractivity contribution in [3.8, 4) is 0 Å². The van der Waals surface area contributed by atoms with E-state index in [1.807, 2.05) is 9.80 Å². The van der Waals surface area contributed by atoms with Gasteiger partial charge in [-0.2, -0.15) is 0 Å². The summed E-state index contributed by atoms with van der Waals surface area (Å²) >= 11 is 0. The van der Waals surface area contributed by atoms with Gasteiger partial charge in [0, 0.05) is 32.7 Å². The summed E-state index contributed by atoms with van der Waals surface area (Å²) in [5.74, 6) is -1.19. The number of carbonyl (C=O) groups is 3. The van der Waals surface area contributed by atoms with Crippen molar-refractivity contribution in [1.29, 1.82) is 0 Å². The summed E-state index contributed by atoms with van der Waals surface area (Å²) in [7, 11) is 0. The zero-order chi connectivity index (χ0) is 15.1. The molecule has 1 heterocycles. The first-order chi connectivity index (χ1) is 9.43. The molecule has 8 heteroatoms. The molecular formula is C12H22N4O4. The monoisotopic (exact) mass is 286 g/mol. The predicted octanol–water partition coefficient (Wildman–Crippen LogP) is -1.08. The number of nitrogens with one attached hydrogen (secondary N) is 2. The molecule has 0 saturated carbocycles. The molecular weight excluding hydrogens is 264 g/mol. The van der Waals surface area contributed by atoms with Crippen molar-refractivity contribution in [2.45, 2.75) is 19.9 Å². The van der Waals surface area contributed by atoms with Crippen LogP contribution in [0.15, 0.2) is 0 Å². The van der Waals surface area contributed by atoms with Crippen LogP contribution in [0, 0.1) is 0 Å². The molecule has 1 unspecified atom stereocenters. The number of carboxylic acid groups (broad SMARTS) is 1. The lowest BCUT2D eigenvalue weighted by Gasteiger charge is -2.36. The van der Waals surface area contributed by atoms with Crippen molar-refractivity contribution < 1.29 is 19.5 Å². The van der Waals surface area contributed by atoms with Gasteiger partial charge in [0.1, 0.15) is 0 Å². The van der Waals surface area contributed by atoms with Crippen LogP contribution in [0.25, 0.3) is 0 Å². The maximum absolute atomic E-state index is 11.9. The Bertz CT molecular complexity index is 366. The third kappa shape index (κ3) is 5.14. The number of carboxylic acids is 1. The van der Waals surface area contributed by atoms with Crippen LogP contribution < -0.4 is 10.6 Å². The Morgan fingerprint density at radius 3 is 2.30 bits per heavy atom. The topological polar surface area (TPSA) is 102 Å². The molecule has 3 amide bonds. The minimum Gasteiger partial charge on any atom is -0.480 e. The number of carbonyl (C=O) groups excluding carboxylic acids is 2. The van der Waals surface area contributed by atoms with Crippen molar-refractivity contribution in [1.82, 2.24) is 20.4 Å². The molecule has 114 valence electrons. The van der Waals surface area contributed by atoms with Gasteiger partial charge < -0.3 is 10.4 Å². The standard InChI is InChI=1S/C12H22N4O4/c1-3-13-12(20)14-11(19)9(2)16-6-4-15(5-7-16)8-10(17)18/h9H,3-8H2,1-2H3,(H,17,18)(H2,13,14,19,20). The molecule has 1 fully saturated rings. The van der Waals surface area contributed by atoms with Crippen LogP contribution in [-0.4, -0.2) is 78.1 Å². The Kier molecular flexibility index (Phi) is 6.40. The normalized spacial score (nSPS) is 18.3. The Balaban J connectivity index is 2.38. The van der Waals surface area contributed by atoms with Crippen LogP contribution >= 0.6 is 0 Å². The van der Waals surface area contributed by atoms with Gasteiger partial charge in [0.15, 0.2) is 0 Å². The molecule has 0 radical (unpaired) electrons. The first-order valence-electron chi connectivity index (χ1n) is 6.71. The summed E-state index contributed by atoms with van der Waals surface area (Å²) < 4.78 is 0. The fourth-order valence-electron chi connectivity index (χ4n) is 2.09. The van der Waals surface area contributed by atoms with Gasteiger partial charge in [-0.05, 0) is 13.8 Å². The van der Waals surface area contributed by atoms with Crippen LogP contribution in [0.1, 0.15) is 13.8 Å². The van der Waals surface area contributed by atoms with Gasteiger partial charge >= 0.3 is 12.0 Å². The molecule has 1 saturated heterocycles. The smallest absolute Gasteiger partial charge is 0.321 e. The molecule has 0 aromatic heterocycles. The van der Waals surface area contributed by atoms with E-state index in [-0.39, 0.29) is 12.5 Å². The highest BCUT2D eigenvalue weighted by Gasteiger charge is 2.26. The first-order valence-corrected chi connectivity index (χ1v) is 6.71. The highest BCUT2D eigenvalue weighted by atomic mass is 16.4. The van der Waals surface area contributed by atoms with Gasteiger partial charge in [0.05, 0.1) is 12.6 Å². The SMILES string of the molecule is CCNC(=O)NC(=O)C(C)N1CCN(CC(=O)O)CC1. The second-order valence-electron chi connectivity index (χ2n) is 4.73. The minimum atomic E-state index is -0.847. The summed E-state index contributed by atoms with van der Waals surface area (Å²) in [4.78, 5) is 37.5. The molecule has 3 N–H and O–H groups in total. The lowest BCUT2D eigenvalue weighted by Crippen LogP contribution is -2.55. The fraction of sp³-hybridized carbons (Fsp3) is 0.750. The van der Waals surface area contributed by atoms with Crippen molar-refractivity contribution in [2.75, 3.05) is 39.3 Å². The molecule has 1 aliphatic heterocycles. The molecule has 1 aliphatic rings. The van der Waals surface area contributed by atoms with E-state index in [2.05, 4.69) is 10.6 Å². The van der Waals surface area contributed by atoms with E-state index in [1.165, 1.54) is 0 Å². The number of amides is 3. The number of aliphatic carboxylic acids is 1. The number of rotatable bonds is 5. The molecule has 0 spiro atoms. The second kappa shape index (κ2) is 7.81. The highest BCUT2D eigenvalue weighted by Crippen LogP contribution is 2.06. The first kappa shape index (κ1) is 16.4. The summed E-state index contributed by atoms with van der Waals surface area (Å²) in [6.07, 6.45) is 0. The van der Waals surface area contributed by atoms with Gasteiger partial charge in [-0.15, -0.1) is 0 Å². The average molecular weight is 286 g/mol. The molecule has 0 aromatic carbocycles. The maximum Gasteiger partial charge on any atom is 0.321 e. The van der Waals surface area contributed by atoms with E-state index < -0.39 is 18.0 Å². The van der Waals surface area contributed by atoms with Crippen LogP contribution in [-0.2, 0) is 9.59 Å². The summed E-state index contributed by atoms with van der Waals surface area (Å²) in [6, 6.07) is -0.904. The number of hydrogen-bond acceptors (Lipinski definition) is 5. The molecule has 1 atom stereocenters. The number of nitrogens with zero attached hydrogens (tertiary/aromatic N) is 2. The van der Waals surface area contributed by atoms with Crippen molar-refractivity contribution >= 4 is 17.9 Å². The highest BCUT2D eigenvalue weighted by molar-refractivity contribution is 5.96. The van der Waals surface area contributed by atoms with Crippen molar-refractivity contribution in [2.24, 2.45) is 0 Å². The predicted molar refractivity (Wildman–Crippen MR) is 72.3 cm³/mol. The zero-order valence-electron chi connectivity index (χ0n) is 11.9. The van der Waals surface area contributed by atoms with Crippen LogP contribution in [0.3, 0.4) is 0 Å². The molecule has 0 aromatic rings. The molecule has 8 nitrogen and oxygen atoms in total. The second-order valence-corrected chi connectivity index (χ2v) is 4.73. The van der Waals surface area contributed by atoms with Crippen molar-refractivity contribution in [3.05, 3.63) is 0 Å². The summed E-state index contributed by atoms with van der Waals surface area (Å²) in [5.41, 5.74) is 0. The quantitative estimate of drug-likeness (QED) is 0.594. The Morgan fingerprint density at radius 1 is 1.20 bits per heavy atom. The van der Waals surface area contributed by atoms with E-state index in [0.29, 0.717) is 32.7 Å². The number of urea groups is 1. The van der Waals surface area contributed by atoms with Gasteiger partial charge in [-0.3, -0.25) is 24.7 Å². The maximum atomic E-state index is 11.9. The molecule has 1 rings (SSSR count). The molecule has 0 bridgehead atoms. The van der Waals surface area contributed by atoms with Gasteiger partial charge in [0.25, 0.3) is 0 Å². The fourth-order valence-corrected chi connectivity index (χ4v) is 2.09. The van der Waals surface area contributed by atoms with Crippen LogP contribution in [0.2, 0.25) is 0 Å².